The molecule has 0 aliphatic rings. The standard InChI is InChI=1S/C15H11IN4O2S/c1-8-11-12(23-13(8)16)14(18-7-17-11)20-19-6-9-2-4-10(5-3-9)15(21)22/h2-7H,1H3,(H,21,22)(H,17,18,20). The highest BCUT2D eigenvalue weighted by atomic mass is 127. The number of fused-ring (bicyclic) bond motifs is 1. The van der Waals surface area contributed by atoms with Crippen LogP contribution in [0.4, 0.5) is 5.82 Å². The number of thiophene rings is 1. The van der Waals surface area contributed by atoms with E-state index < -0.39 is 5.97 Å². The molecule has 0 aliphatic heterocycles. The number of aromatic carboxylic acids is 1. The lowest BCUT2D eigenvalue weighted by Gasteiger charge is -2.00. The molecule has 0 spiro atoms. The van der Waals surface area contributed by atoms with Crippen LogP contribution in [0.2, 0.25) is 0 Å². The minimum absolute atomic E-state index is 0.247. The van der Waals surface area contributed by atoms with Gasteiger partial charge in [-0.2, -0.15) is 5.10 Å². The van der Waals surface area contributed by atoms with Crippen LogP contribution in [0.15, 0.2) is 35.7 Å². The lowest BCUT2D eigenvalue weighted by atomic mass is 10.1. The molecule has 2 aromatic heterocycles. The summed E-state index contributed by atoms with van der Waals surface area (Å²) in [6.07, 6.45) is 3.13. The van der Waals surface area contributed by atoms with Gasteiger partial charge in [-0.15, -0.1) is 11.3 Å². The maximum Gasteiger partial charge on any atom is 0.335 e. The largest absolute Gasteiger partial charge is 0.478 e. The van der Waals surface area contributed by atoms with E-state index in [9.17, 15) is 4.79 Å². The number of rotatable bonds is 4. The molecule has 0 amide bonds. The number of anilines is 1. The molecule has 23 heavy (non-hydrogen) atoms. The van der Waals surface area contributed by atoms with Gasteiger partial charge < -0.3 is 5.11 Å². The van der Waals surface area contributed by atoms with Crippen molar-refractivity contribution in [2.75, 3.05) is 5.43 Å². The molecule has 2 heterocycles. The normalized spacial score (nSPS) is 11.2. The zero-order valence-electron chi connectivity index (χ0n) is 11.9. The van der Waals surface area contributed by atoms with E-state index in [1.807, 2.05) is 6.92 Å². The molecule has 0 saturated carbocycles. The Morgan fingerprint density at radius 2 is 2.09 bits per heavy atom. The number of halogens is 1. The van der Waals surface area contributed by atoms with Crippen LogP contribution in [0, 0.1) is 9.81 Å². The van der Waals surface area contributed by atoms with Crippen molar-refractivity contribution in [1.29, 1.82) is 0 Å². The predicted molar refractivity (Wildman–Crippen MR) is 99.5 cm³/mol. The first-order valence-corrected chi connectivity index (χ1v) is 8.48. The van der Waals surface area contributed by atoms with Gasteiger partial charge in [-0.1, -0.05) is 12.1 Å². The number of hydrogen-bond acceptors (Lipinski definition) is 6. The third-order valence-electron chi connectivity index (χ3n) is 3.19. The number of nitrogens with zero attached hydrogens (tertiary/aromatic N) is 3. The maximum absolute atomic E-state index is 10.8. The second-order valence-corrected chi connectivity index (χ2v) is 7.53. The summed E-state index contributed by atoms with van der Waals surface area (Å²) in [5.74, 6) is -0.290. The molecule has 0 aliphatic carbocycles. The van der Waals surface area contributed by atoms with Gasteiger partial charge >= 0.3 is 5.97 Å². The van der Waals surface area contributed by atoms with Crippen molar-refractivity contribution in [3.63, 3.8) is 0 Å². The van der Waals surface area contributed by atoms with Gasteiger partial charge in [0.15, 0.2) is 5.82 Å². The molecule has 6 nitrogen and oxygen atoms in total. The van der Waals surface area contributed by atoms with Crippen LogP contribution >= 0.6 is 33.9 Å². The smallest absolute Gasteiger partial charge is 0.335 e. The van der Waals surface area contributed by atoms with Gasteiger partial charge in [0.1, 0.15) is 6.33 Å². The lowest BCUT2D eigenvalue weighted by molar-refractivity contribution is 0.0697. The van der Waals surface area contributed by atoms with Crippen molar-refractivity contribution >= 4 is 62.1 Å². The summed E-state index contributed by atoms with van der Waals surface area (Å²) in [6.45, 7) is 2.03. The molecule has 0 radical (unpaired) electrons. The first kappa shape index (κ1) is 15.8. The number of carbonyl (C=O) groups is 1. The first-order chi connectivity index (χ1) is 11.1. The zero-order valence-corrected chi connectivity index (χ0v) is 14.9. The van der Waals surface area contributed by atoms with Crippen LogP contribution in [0.5, 0.6) is 0 Å². The maximum atomic E-state index is 10.8. The molecule has 0 bridgehead atoms. The Balaban J connectivity index is 1.80. The molecule has 0 atom stereocenters. The van der Waals surface area contributed by atoms with Crippen molar-refractivity contribution in [1.82, 2.24) is 9.97 Å². The number of aryl methyl sites for hydroxylation is 1. The van der Waals surface area contributed by atoms with Crippen LogP contribution in [-0.4, -0.2) is 27.3 Å². The van der Waals surface area contributed by atoms with Gasteiger partial charge in [-0.05, 0) is 52.8 Å². The monoisotopic (exact) mass is 438 g/mol. The molecule has 2 N–H and O–H groups in total. The Morgan fingerprint density at radius 1 is 1.35 bits per heavy atom. The SMILES string of the molecule is Cc1c(I)sc2c(NN=Cc3ccc(C(=O)O)cc3)ncnc12. The van der Waals surface area contributed by atoms with Crippen LogP contribution in [0.3, 0.4) is 0 Å². The molecule has 3 rings (SSSR count). The minimum Gasteiger partial charge on any atom is -0.478 e. The van der Waals surface area contributed by atoms with Crippen molar-refractivity contribution in [3.05, 3.63) is 50.2 Å². The molecule has 116 valence electrons. The van der Waals surface area contributed by atoms with E-state index in [1.165, 1.54) is 21.3 Å². The highest BCUT2D eigenvalue weighted by Crippen LogP contribution is 2.33. The van der Waals surface area contributed by atoms with Crippen molar-refractivity contribution in [3.8, 4) is 0 Å². The van der Waals surface area contributed by atoms with Gasteiger partial charge in [0.25, 0.3) is 0 Å². The second-order valence-electron chi connectivity index (χ2n) is 4.70. The van der Waals surface area contributed by atoms with E-state index in [0.29, 0.717) is 5.82 Å². The van der Waals surface area contributed by atoms with E-state index in [1.54, 1.807) is 29.7 Å². The summed E-state index contributed by atoms with van der Waals surface area (Å²) in [6, 6.07) is 6.47. The number of nitrogens with one attached hydrogen (secondary N) is 1. The van der Waals surface area contributed by atoms with E-state index in [-0.39, 0.29) is 5.56 Å². The molecule has 1 aromatic carbocycles. The van der Waals surface area contributed by atoms with E-state index in [4.69, 9.17) is 5.11 Å². The Labute approximate surface area is 149 Å². The third-order valence-corrected chi connectivity index (χ3v) is 5.73. The fourth-order valence-corrected chi connectivity index (χ4v) is 3.80. The summed E-state index contributed by atoms with van der Waals surface area (Å²) in [7, 11) is 0. The second kappa shape index (κ2) is 6.59. The quantitative estimate of drug-likeness (QED) is 0.368. The number of benzene rings is 1. The van der Waals surface area contributed by atoms with Crippen LogP contribution in [0.1, 0.15) is 21.5 Å². The minimum atomic E-state index is -0.947. The summed E-state index contributed by atoms with van der Waals surface area (Å²) in [4.78, 5) is 19.3. The Hall–Kier alpha value is -2.07. The highest BCUT2D eigenvalue weighted by Gasteiger charge is 2.11. The summed E-state index contributed by atoms with van der Waals surface area (Å²) < 4.78 is 2.14. The molecule has 0 unspecified atom stereocenters. The lowest BCUT2D eigenvalue weighted by Crippen LogP contribution is -1.97. The number of hydrogen-bond donors (Lipinski definition) is 2. The van der Waals surface area contributed by atoms with E-state index in [0.717, 1.165) is 21.3 Å². The van der Waals surface area contributed by atoms with Gasteiger partial charge in [-0.3, -0.25) is 5.43 Å². The van der Waals surface area contributed by atoms with Crippen molar-refractivity contribution in [2.24, 2.45) is 5.10 Å². The molecule has 3 aromatic rings. The average molecular weight is 438 g/mol. The van der Waals surface area contributed by atoms with Crippen LogP contribution in [0.25, 0.3) is 10.2 Å². The summed E-state index contributed by atoms with van der Waals surface area (Å²) in [5, 5.41) is 13.0. The van der Waals surface area contributed by atoms with E-state index in [2.05, 4.69) is 43.1 Å². The Morgan fingerprint density at radius 3 is 2.78 bits per heavy atom. The van der Waals surface area contributed by atoms with Gasteiger partial charge in [-0.25, -0.2) is 14.8 Å². The third kappa shape index (κ3) is 3.32. The number of carboxylic acids is 1. The topological polar surface area (TPSA) is 87.5 Å². The molecule has 0 fully saturated rings. The van der Waals surface area contributed by atoms with Gasteiger partial charge in [0, 0.05) is 0 Å². The number of carboxylic acid groups (broad SMARTS) is 1. The Kier molecular flexibility index (Phi) is 4.53. The fraction of sp³-hybridized carbons (Fsp3) is 0.0667. The van der Waals surface area contributed by atoms with Crippen molar-refractivity contribution in [2.45, 2.75) is 6.92 Å². The van der Waals surface area contributed by atoms with E-state index >= 15 is 0 Å². The van der Waals surface area contributed by atoms with Crippen molar-refractivity contribution < 1.29 is 9.90 Å². The number of hydrazone groups is 1. The summed E-state index contributed by atoms with van der Waals surface area (Å²) in [5.41, 5.74) is 6.04. The van der Waals surface area contributed by atoms with Crippen LogP contribution < -0.4 is 5.43 Å². The molecule has 8 heteroatoms. The molecular formula is C15H11IN4O2S. The fourth-order valence-electron chi connectivity index (χ4n) is 1.96. The average Bonchev–Trinajstić information content (AvgIpc) is 2.84. The molecule has 0 saturated heterocycles. The molecular weight excluding hydrogens is 427 g/mol. The van der Waals surface area contributed by atoms with Gasteiger partial charge in [0.2, 0.25) is 0 Å². The Bertz CT molecular complexity index is 906. The van der Waals surface area contributed by atoms with Gasteiger partial charge in [0.05, 0.1) is 24.9 Å². The predicted octanol–water partition coefficient (Wildman–Crippen LogP) is 3.75. The zero-order chi connectivity index (χ0) is 16.4. The first-order valence-electron chi connectivity index (χ1n) is 6.58. The highest BCUT2D eigenvalue weighted by molar-refractivity contribution is 14.1. The van der Waals surface area contributed by atoms with Crippen LogP contribution in [-0.2, 0) is 0 Å². The number of aromatic nitrogens is 2. The summed E-state index contributed by atoms with van der Waals surface area (Å²) >= 11 is 3.90.